The topological polar surface area (TPSA) is 61.4 Å². The highest BCUT2D eigenvalue weighted by atomic mass is 19.4. The Kier molecular flexibility index (Phi) is 6.20. The van der Waals surface area contributed by atoms with Gasteiger partial charge in [0.15, 0.2) is 0 Å². The molecule has 9 heteroatoms. The predicted octanol–water partition coefficient (Wildman–Crippen LogP) is 5.42. The highest BCUT2D eigenvalue weighted by Gasteiger charge is 2.35. The Morgan fingerprint density at radius 2 is 2.03 bits per heavy atom. The third-order valence-corrected chi connectivity index (χ3v) is 6.27. The minimum Gasteiger partial charge on any atom is -0.373 e. The molecule has 0 bridgehead atoms. The summed E-state index contributed by atoms with van der Waals surface area (Å²) < 4.78 is 39.3. The van der Waals surface area contributed by atoms with E-state index in [9.17, 15) is 18.0 Å². The van der Waals surface area contributed by atoms with Crippen LogP contribution in [-0.2, 0) is 17.5 Å². The minimum atomic E-state index is -4.54. The predicted molar refractivity (Wildman–Crippen MR) is 125 cm³/mol. The van der Waals surface area contributed by atoms with E-state index in [-0.39, 0.29) is 18.4 Å². The molecular formula is C25H26F3N5O. The number of carbonyl (C=O) groups is 1. The Labute approximate surface area is 196 Å². The fraction of sp³-hybridized carbons (Fsp3) is 0.320. The quantitative estimate of drug-likeness (QED) is 0.648. The van der Waals surface area contributed by atoms with E-state index in [1.807, 2.05) is 32.7 Å². The van der Waals surface area contributed by atoms with Crippen LogP contribution in [0.4, 0.5) is 24.7 Å². The van der Waals surface area contributed by atoms with Gasteiger partial charge in [-0.05, 0) is 55.7 Å². The van der Waals surface area contributed by atoms with Crippen molar-refractivity contribution in [2.75, 3.05) is 17.3 Å². The maximum absolute atomic E-state index is 13.3. The van der Waals surface area contributed by atoms with Crippen molar-refractivity contribution < 1.29 is 18.0 Å². The molecule has 2 aliphatic heterocycles. The SMILES string of the molecule is CNc1nc(C)c(C)c2c1CN(C(=O)CC1=CN(c3ccnc(C(F)(F)F)c3)C=CC=C1)C2C. The van der Waals surface area contributed by atoms with Crippen molar-refractivity contribution in [1.82, 2.24) is 14.9 Å². The number of rotatable bonds is 4. The number of hydrogen-bond donors (Lipinski definition) is 1. The van der Waals surface area contributed by atoms with Crippen molar-refractivity contribution in [3.8, 4) is 0 Å². The number of amides is 1. The molecular weight excluding hydrogens is 443 g/mol. The fourth-order valence-corrected chi connectivity index (χ4v) is 4.43. The Morgan fingerprint density at radius 1 is 1.26 bits per heavy atom. The molecule has 0 fully saturated rings. The molecule has 6 nitrogen and oxygen atoms in total. The van der Waals surface area contributed by atoms with Gasteiger partial charge in [-0.3, -0.25) is 9.78 Å². The van der Waals surface area contributed by atoms with Crippen molar-refractivity contribution in [3.05, 3.63) is 82.6 Å². The number of nitrogens with zero attached hydrogens (tertiary/aromatic N) is 4. The number of anilines is 2. The largest absolute Gasteiger partial charge is 0.433 e. The molecule has 2 aliphatic rings. The zero-order valence-corrected chi connectivity index (χ0v) is 19.4. The van der Waals surface area contributed by atoms with Crippen LogP contribution in [-0.4, -0.2) is 27.8 Å². The van der Waals surface area contributed by atoms with E-state index >= 15 is 0 Å². The zero-order valence-electron chi connectivity index (χ0n) is 19.4. The van der Waals surface area contributed by atoms with E-state index in [0.717, 1.165) is 40.5 Å². The van der Waals surface area contributed by atoms with Gasteiger partial charge in [0.1, 0.15) is 11.5 Å². The van der Waals surface area contributed by atoms with Gasteiger partial charge in [-0.1, -0.05) is 12.2 Å². The molecule has 178 valence electrons. The van der Waals surface area contributed by atoms with Gasteiger partial charge >= 0.3 is 6.18 Å². The normalized spacial score (nSPS) is 17.5. The van der Waals surface area contributed by atoms with Gasteiger partial charge in [0.05, 0.1) is 19.0 Å². The van der Waals surface area contributed by atoms with Crippen molar-refractivity contribution in [3.63, 3.8) is 0 Å². The van der Waals surface area contributed by atoms with Crippen molar-refractivity contribution >= 4 is 17.4 Å². The number of pyridine rings is 2. The second kappa shape index (κ2) is 8.96. The molecule has 0 aromatic carbocycles. The van der Waals surface area contributed by atoms with Crippen molar-refractivity contribution in [2.24, 2.45) is 0 Å². The Balaban J connectivity index is 1.57. The molecule has 1 amide bonds. The molecule has 1 atom stereocenters. The smallest absolute Gasteiger partial charge is 0.373 e. The van der Waals surface area contributed by atoms with Crippen LogP contribution in [0.2, 0.25) is 0 Å². The summed E-state index contributed by atoms with van der Waals surface area (Å²) in [7, 11) is 1.82. The average Bonchev–Trinajstić information content (AvgIpc) is 2.98. The van der Waals surface area contributed by atoms with Crippen LogP contribution in [0, 0.1) is 13.8 Å². The van der Waals surface area contributed by atoms with Crippen LogP contribution >= 0.6 is 0 Å². The fourth-order valence-electron chi connectivity index (χ4n) is 4.43. The summed E-state index contributed by atoms with van der Waals surface area (Å²) in [5, 5.41) is 3.13. The third kappa shape index (κ3) is 4.42. The Hall–Kier alpha value is -3.62. The van der Waals surface area contributed by atoms with Gasteiger partial charge in [-0.25, -0.2) is 4.98 Å². The molecule has 4 rings (SSSR count). The number of allylic oxidation sites excluding steroid dienone is 3. The first-order chi connectivity index (χ1) is 16.1. The number of aromatic nitrogens is 2. The number of hydrogen-bond acceptors (Lipinski definition) is 5. The highest BCUT2D eigenvalue weighted by Crippen LogP contribution is 2.40. The molecule has 2 aromatic rings. The molecule has 0 saturated carbocycles. The summed E-state index contributed by atoms with van der Waals surface area (Å²) in [6, 6.07) is 2.38. The second-order valence-electron chi connectivity index (χ2n) is 8.40. The van der Waals surface area contributed by atoms with Gasteiger partial charge in [0.25, 0.3) is 0 Å². The Bertz CT molecular complexity index is 1220. The van der Waals surface area contributed by atoms with E-state index in [0.29, 0.717) is 17.8 Å². The maximum atomic E-state index is 13.3. The van der Waals surface area contributed by atoms with E-state index in [1.54, 1.807) is 35.5 Å². The summed E-state index contributed by atoms with van der Waals surface area (Å²) in [5.74, 6) is 0.716. The molecule has 0 aliphatic carbocycles. The van der Waals surface area contributed by atoms with Gasteiger partial charge in [-0.2, -0.15) is 13.2 Å². The molecule has 1 N–H and O–H groups in total. The first kappa shape index (κ1) is 23.5. The number of halogens is 3. The van der Waals surface area contributed by atoms with Crippen LogP contribution in [0.1, 0.15) is 47.5 Å². The van der Waals surface area contributed by atoms with Gasteiger partial charge in [0, 0.05) is 42.6 Å². The van der Waals surface area contributed by atoms with Gasteiger partial charge < -0.3 is 15.1 Å². The summed E-state index contributed by atoms with van der Waals surface area (Å²) in [5.41, 5.74) is 4.18. The van der Waals surface area contributed by atoms with E-state index in [1.165, 1.54) is 6.07 Å². The lowest BCUT2D eigenvalue weighted by atomic mass is 9.99. The van der Waals surface area contributed by atoms with E-state index in [2.05, 4.69) is 15.3 Å². The third-order valence-electron chi connectivity index (χ3n) is 6.27. The number of aryl methyl sites for hydroxylation is 1. The highest BCUT2D eigenvalue weighted by molar-refractivity contribution is 5.81. The van der Waals surface area contributed by atoms with Gasteiger partial charge in [0.2, 0.25) is 5.91 Å². The molecule has 2 aromatic heterocycles. The van der Waals surface area contributed by atoms with Crippen LogP contribution in [0.5, 0.6) is 0 Å². The van der Waals surface area contributed by atoms with E-state index in [4.69, 9.17) is 0 Å². The maximum Gasteiger partial charge on any atom is 0.433 e. The summed E-state index contributed by atoms with van der Waals surface area (Å²) >= 11 is 0. The summed E-state index contributed by atoms with van der Waals surface area (Å²) in [4.78, 5) is 24.8. The second-order valence-corrected chi connectivity index (χ2v) is 8.40. The van der Waals surface area contributed by atoms with Crippen LogP contribution < -0.4 is 10.2 Å². The lowest BCUT2D eigenvalue weighted by molar-refractivity contribution is -0.141. The lowest BCUT2D eigenvalue weighted by Gasteiger charge is -2.23. The molecule has 4 heterocycles. The lowest BCUT2D eigenvalue weighted by Crippen LogP contribution is -2.28. The Morgan fingerprint density at radius 3 is 2.74 bits per heavy atom. The number of nitrogens with one attached hydrogen (secondary N) is 1. The zero-order chi connectivity index (χ0) is 24.6. The van der Waals surface area contributed by atoms with Crippen molar-refractivity contribution in [1.29, 1.82) is 0 Å². The first-order valence-electron chi connectivity index (χ1n) is 10.9. The van der Waals surface area contributed by atoms with Crippen molar-refractivity contribution in [2.45, 2.75) is 46.0 Å². The van der Waals surface area contributed by atoms with Gasteiger partial charge in [-0.15, -0.1) is 0 Å². The number of alkyl halides is 3. The molecule has 34 heavy (non-hydrogen) atoms. The van der Waals surface area contributed by atoms with Crippen LogP contribution in [0.25, 0.3) is 0 Å². The summed E-state index contributed by atoms with van der Waals surface area (Å²) in [6.45, 7) is 6.45. The average molecular weight is 470 g/mol. The molecule has 0 saturated heterocycles. The van der Waals surface area contributed by atoms with E-state index < -0.39 is 11.9 Å². The minimum absolute atomic E-state index is 0.0636. The molecule has 0 radical (unpaired) electrons. The first-order valence-corrected chi connectivity index (χ1v) is 10.9. The molecule has 1 unspecified atom stereocenters. The number of fused-ring (bicyclic) bond motifs is 1. The van der Waals surface area contributed by atoms with Crippen LogP contribution in [0.3, 0.4) is 0 Å². The molecule has 0 spiro atoms. The summed E-state index contributed by atoms with van der Waals surface area (Å²) in [6.07, 6.45) is 5.31. The monoisotopic (exact) mass is 469 g/mol. The number of carbonyl (C=O) groups excluding carboxylic acids is 1. The standard InChI is InChI=1S/C25H26F3N5O/c1-15-16(2)31-24(29-4)20-14-33(17(3)23(15)20)22(34)11-18-7-5-6-10-32(13-18)19-8-9-30-21(12-19)25(26,27)28/h5-10,12-13,17H,11,14H2,1-4H3,(H,29,31). The van der Waals surface area contributed by atoms with Crippen LogP contribution in [0.15, 0.2) is 54.5 Å².